The predicted molar refractivity (Wildman–Crippen MR) is 98.3 cm³/mol. The van der Waals surface area contributed by atoms with Crippen molar-refractivity contribution in [1.82, 2.24) is 20.8 Å². The lowest BCUT2D eigenvalue weighted by Gasteiger charge is -2.32. The second kappa shape index (κ2) is 9.75. The predicted octanol–water partition coefficient (Wildman–Crippen LogP) is 3.05. The van der Waals surface area contributed by atoms with Gasteiger partial charge in [0.15, 0.2) is 11.8 Å². The quantitative estimate of drug-likeness (QED) is 0.580. The van der Waals surface area contributed by atoms with Crippen molar-refractivity contribution >= 4 is 5.96 Å². The molecule has 0 aromatic carbocycles. The molecule has 1 heterocycles. The molecule has 1 aliphatic rings. The Morgan fingerprint density at radius 1 is 1.28 bits per heavy atom. The fraction of sp³-hybridized carbons (Fsp3) is 0.833. The summed E-state index contributed by atoms with van der Waals surface area (Å²) in [6.07, 6.45) is 3.52. The standard InChI is InChI=1S/C18H33N5O2/c1-6-19-18(21-15-9-12(3)8-13(4)10-15)20-11-16-22-17(23-25-16)14(5)24-7-2/h12-15H,6-11H2,1-5H3,(H2,19,20,21). The highest BCUT2D eigenvalue weighted by molar-refractivity contribution is 5.80. The fourth-order valence-corrected chi connectivity index (χ4v) is 3.55. The summed E-state index contributed by atoms with van der Waals surface area (Å²) in [7, 11) is 0. The van der Waals surface area contributed by atoms with E-state index in [0.29, 0.717) is 30.9 Å². The minimum absolute atomic E-state index is 0.164. The first-order valence-corrected chi connectivity index (χ1v) is 9.50. The summed E-state index contributed by atoms with van der Waals surface area (Å²) >= 11 is 0. The molecule has 2 rings (SSSR count). The van der Waals surface area contributed by atoms with Gasteiger partial charge in [-0.1, -0.05) is 19.0 Å². The second-order valence-corrected chi connectivity index (χ2v) is 7.10. The van der Waals surface area contributed by atoms with Gasteiger partial charge in [0.1, 0.15) is 12.6 Å². The molecule has 0 spiro atoms. The molecule has 3 unspecified atom stereocenters. The van der Waals surface area contributed by atoms with Gasteiger partial charge in [0, 0.05) is 19.2 Å². The molecule has 1 saturated carbocycles. The van der Waals surface area contributed by atoms with Crippen LogP contribution in [0, 0.1) is 11.8 Å². The van der Waals surface area contributed by atoms with Gasteiger partial charge in [0.25, 0.3) is 0 Å². The lowest BCUT2D eigenvalue weighted by Crippen LogP contribution is -2.46. The van der Waals surface area contributed by atoms with Crippen molar-refractivity contribution in [2.24, 2.45) is 16.8 Å². The number of nitrogens with one attached hydrogen (secondary N) is 2. The Hall–Kier alpha value is -1.63. The third-order valence-electron chi connectivity index (χ3n) is 4.50. The molecule has 25 heavy (non-hydrogen) atoms. The van der Waals surface area contributed by atoms with Crippen molar-refractivity contribution in [1.29, 1.82) is 0 Å². The Bertz CT molecular complexity index is 535. The summed E-state index contributed by atoms with van der Waals surface area (Å²) in [6.45, 7) is 12.4. The third-order valence-corrected chi connectivity index (χ3v) is 4.50. The maximum absolute atomic E-state index is 5.48. The van der Waals surface area contributed by atoms with Crippen LogP contribution in [0.4, 0.5) is 0 Å². The van der Waals surface area contributed by atoms with Crippen molar-refractivity contribution in [3.63, 3.8) is 0 Å². The number of rotatable bonds is 7. The molecule has 7 nitrogen and oxygen atoms in total. The van der Waals surface area contributed by atoms with Crippen LogP contribution in [0.5, 0.6) is 0 Å². The summed E-state index contributed by atoms with van der Waals surface area (Å²) in [6, 6.07) is 0.466. The molecule has 1 fully saturated rings. The van der Waals surface area contributed by atoms with Crippen molar-refractivity contribution in [2.45, 2.75) is 72.6 Å². The van der Waals surface area contributed by atoms with Gasteiger partial charge in [-0.2, -0.15) is 4.98 Å². The minimum Gasteiger partial charge on any atom is -0.371 e. The smallest absolute Gasteiger partial charge is 0.248 e. The number of hydrogen-bond donors (Lipinski definition) is 2. The van der Waals surface area contributed by atoms with Crippen LogP contribution in [0.2, 0.25) is 0 Å². The van der Waals surface area contributed by atoms with E-state index in [4.69, 9.17) is 9.26 Å². The van der Waals surface area contributed by atoms with E-state index >= 15 is 0 Å². The monoisotopic (exact) mass is 351 g/mol. The Morgan fingerprint density at radius 2 is 2.00 bits per heavy atom. The Labute approximate surface area is 151 Å². The summed E-state index contributed by atoms with van der Waals surface area (Å²) in [5, 5.41) is 10.8. The number of aromatic nitrogens is 2. The van der Waals surface area contributed by atoms with Crippen LogP contribution in [0.25, 0.3) is 0 Å². The van der Waals surface area contributed by atoms with Gasteiger partial charge in [-0.05, 0) is 51.9 Å². The summed E-state index contributed by atoms with van der Waals surface area (Å²) in [4.78, 5) is 8.97. The normalized spacial score (nSPS) is 25.6. The maximum Gasteiger partial charge on any atom is 0.248 e. The van der Waals surface area contributed by atoms with Crippen LogP contribution in [0.3, 0.4) is 0 Å². The van der Waals surface area contributed by atoms with E-state index in [9.17, 15) is 0 Å². The van der Waals surface area contributed by atoms with E-state index in [1.165, 1.54) is 19.3 Å². The highest BCUT2D eigenvalue weighted by atomic mass is 16.5. The van der Waals surface area contributed by atoms with Gasteiger partial charge in [0.2, 0.25) is 5.89 Å². The number of aliphatic imine (C=N–C) groups is 1. The average Bonchev–Trinajstić information content (AvgIpc) is 3.01. The molecule has 1 aliphatic carbocycles. The maximum atomic E-state index is 5.48. The summed E-state index contributed by atoms with van der Waals surface area (Å²) in [5.74, 6) is 3.39. The molecule has 3 atom stereocenters. The number of nitrogens with zero attached hydrogens (tertiary/aromatic N) is 3. The van der Waals surface area contributed by atoms with Crippen LogP contribution in [0.1, 0.15) is 71.7 Å². The minimum atomic E-state index is -0.164. The average molecular weight is 351 g/mol. The molecule has 0 bridgehead atoms. The number of ether oxygens (including phenoxy) is 1. The summed E-state index contributed by atoms with van der Waals surface area (Å²) < 4.78 is 10.8. The molecule has 0 radical (unpaired) electrons. The van der Waals surface area contributed by atoms with Crippen molar-refractivity contribution in [3.8, 4) is 0 Å². The molecule has 1 aromatic heterocycles. The van der Waals surface area contributed by atoms with Crippen LogP contribution in [-0.2, 0) is 11.3 Å². The lowest BCUT2D eigenvalue weighted by molar-refractivity contribution is 0.0683. The van der Waals surface area contributed by atoms with Gasteiger partial charge < -0.3 is 19.9 Å². The molecule has 0 saturated heterocycles. The molecule has 0 aliphatic heterocycles. The van der Waals surface area contributed by atoms with Gasteiger partial charge in [-0.3, -0.25) is 0 Å². The second-order valence-electron chi connectivity index (χ2n) is 7.10. The largest absolute Gasteiger partial charge is 0.371 e. The van der Waals surface area contributed by atoms with Crippen LogP contribution in [-0.4, -0.2) is 35.3 Å². The van der Waals surface area contributed by atoms with Gasteiger partial charge in [0.05, 0.1) is 0 Å². The van der Waals surface area contributed by atoms with E-state index in [0.717, 1.165) is 24.3 Å². The first-order chi connectivity index (χ1) is 12.0. The Morgan fingerprint density at radius 3 is 2.64 bits per heavy atom. The first-order valence-electron chi connectivity index (χ1n) is 9.50. The fourth-order valence-electron chi connectivity index (χ4n) is 3.55. The topological polar surface area (TPSA) is 84.6 Å². The zero-order valence-corrected chi connectivity index (χ0v) is 16.2. The van der Waals surface area contributed by atoms with E-state index in [1.807, 2.05) is 13.8 Å². The van der Waals surface area contributed by atoms with Crippen molar-refractivity contribution in [2.75, 3.05) is 13.2 Å². The van der Waals surface area contributed by atoms with Gasteiger partial charge in [-0.15, -0.1) is 0 Å². The molecule has 1 aromatic rings. The van der Waals surface area contributed by atoms with Gasteiger partial charge in [-0.25, -0.2) is 4.99 Å². The molecule has 0 amide bonds. The Balaban J connectivity index is 1.95. The zero-order valence-electron chi connectivity index (χ0n) is 16.2. The number of guanidine groups is 1. The van der Waals surface area contributed by atoms with Crippen LogP contribution < -0.4 is 10.6 Å². The molecular formula is C18H33N5O2. The van der Waals surface area contributed by atoms with Crippen LogP contribution in [0.15, 0.2) is 9.52 Å². The molecule has 142 valence electrons. The van der Waals surface area contributed by atoms with E-state index in [2.05, 4.69) is 46.5 Å². The number of hydrogen-bond acceptors (Lipinski definition) is 5. The lowest BCUT2D eigenvalue weighted by atomic mass is 9.80. The highest BCUT2D eigenvalue weighted by Gasteiger charge is 2.24. The summed E-state index contributed by atoms with van der Waals surface area (Å²) in [5.41, 5.74) is 0. The van der Waals surface area contributed by atoms with E-state index < -0.39 is 0 Å². The van der Waals surface area contributed by atoms with Crippen molar-refractivity contribution in [3.05, 3.63) is 11.7 Å². The first kappa shape index (κ1) is 19.7. The van der Waals surface area contributed by atoms with Crippen LogP contribution >= 0.6 is 0 Å². The zero-order chi connectivity index (χ0) is 18.2. The van der Waals surface area contributed by atoms with E-state index in [-0.39, 0.29) is 6.10 Å². The van der Waals surface area contributed by atoms with Gasteiger partial charge >= 0.3 is 0 Å². The molecule has 2 N–H and O–H groups in total. The van der Waals surface area contributed by atoms with Crippen molar-refractivity contribution < 1.29 is 9.26 Å². The van der Waals surface area contributed by atoms with E-state index in [1.54, 1.807) is 0 Å². The Kier molecular flexibility index (Phi) is 7.68. The molecule has 7 heteroatoms. The molecular weight excluding hydrogens is 318 g/mol. The highest BCUT2D eigenvalue weighted by Crippen LogP contribution is 2.28. The SMILES string of the molecule is CCNC(=NCc1nc(C(C)OCC)no1)NC1CC(C)CC(C)C1. The third kappa shape index (κ3) is 6.30.